The molecule has 3 nitrogen and oxygen atoms in total. The topological polar surface area (TPSA) is 27.7 Å². The molecule has 1 unspecified atom stereocenters. The SMILES string of the molecule is CCCCCC#CC[C@@H](COCc1ccccc1)OC(C)OCC. The molecular weight excluding hydrogens is 300 g/mol. The Labute approximate surface area is 147 Å². The minimum atomic E-state index is -0.234. The van der Waals surface area contributed by atoms with Crippen LogP contribution in [0.3, 0.4) is 0 Å². The third kappa shape index (κ3) is 10.4. The van der Waals surface area contributed by atoms with Gasteiger partial charge in [0.25, 0.3) is 0 Å². The molecule has 134 valence electrons. The molecule has 0 heterocycles. The van der Waals surface area contributed by atoms with Crippen molar-refractivity contribution in [2.45, 2.75) is 71.9 Å². The summed E-state index contributed by atoms with van der Waals surface area (Å²) in [5.74, 6) is 6.47. The fourth-order valence-electron chi connectivity index (χ4n) is 2.31. The maximum atomic E-state index is 5.91. The second kappa shape index (κ2) is 14.0. The quantitative estimate of drug-likeness (QED) is 0.308. The lowest BCUT2D eigenvalue weighted by Gasteiger charge is -2.20. The zero-order valence-electron chi connectivity index (χ0n) is 15.4. The maximum absolute atomic E-state index is 5.91. The normalized spacial score (nSPS) is 13.1. The van der Waals surface area contributed by atoms with Crippen LogP contribution >= 0.6 is 0 Å². The van der Waals surface area contributed by atoms with E-state index in [9.17, 15) is 0 Å². The average Bonchev–Trinajstić information content (AvgIpc) is 2.59. The van der Waals surface area contributed by atoms with Gasteiger partial charge < -0.3 is 14.2 Å². The molecule has 0 amide bonds. The average molecular weight is 332 g/mol. The van der Waals surface area contributed by atoms with E-state index in [0.717, 1.165) is 6.42 Å². The van der Waals surface area contributed by atoms with E-state index in [4.69, 9.17) is 14.2 Å². The highest BCUT2D eigenvalue weighted by Gasteiger charge is 2.13. The van der Waals surface area contributed by atoms with Crippen molar-refractivity contribution in [1.29, 1.82) is 0 Å². The fraction of sp³-hybridized carbons (Fsp3) is 0.619. The molecule has 24 heavy (non-hydrogen) atoms. The van der Waals surface area contributed by atoms with Gasteiger partial charge in [-0.15, -0.1) is 11.8 Å². The summed E-state index contributed by atoms with van der Waals surface area (Å²) in [4.78, 5) is 0. The largest absolute Gasteiger partial charge is 0.374 e. The molecule has 0 saturated carbocycles. The van der Waals surface area contributed by atoms with Gasteiger partial charge >= 0.3 is 0 Å². The van der Waals surface area contributed by atoms with Crippen LogP contribution in [0.15, 0.2) is 30.3 Å². The van der Waals surface area contributed by atoms with E-state index in [1.807, 2.05) is 32.0 Å². The summed E-state index contributed by atoms with van der Waals surface area (Å²) in [5, 5.41) is 0. The predicted octanol–water partition coefficient (Wildman–Crippen LogP) is 4.94. The van der Waals surface area contributed by atoms with E-state index in [0.29, 0.717) is 26.2 Å². The number of hydrogen-bond acceptors (Lipinski definition) is 3. The summed E-state index contributed by atoms with van der Waals surface area (Å²) in [7, 11) is 0. The molecule has 0 aromatic heterocycles. The molecule has 0 radical (unpaired) electrons. The van der Waals surface area contributed by atoms with Gasteiger partial charge in [-0.2, -0.15) is 0 Å². The van der Waals surface area contributed by atoms with E-state index < -0.39 is 0 Å². The van der Waals surface area contributed by atoms with Gasteiger partial charge in [-0.05, 0) is 25.8 Å². The van der Waals surface area contributed by atoms with Crippen LogP contribution in [0.5, 0.6) is 0 Å². The molecule has 3 heteroatoms. The van der Waals surface area contributed by atoms with Crippen LogP contribution in [-0.2, 0) is 20.8 Å². The Morgan fingerprint density at radius 2 is 1.83 bits per heavy atom. The Hall–Kier alpha value is -1.34. The summed E-state index contributed by atoms with van der Waals surface area (Å²) in [6, 6.07) is 10.2. The smallest absolute Gasteiger partial charge is 0.155 e. The second-order valence-electron chi connectivity index (χ2n) is 5.80. The highest BCUT2D eigenvalue weighted by atomic mass is 16.7. The van der Waals surface area contributed by atoms with Crippen molar-refractivity contribution < 1.29 is 14.2 Å². The van der Waals surface area contributed by atoms with Crippen molar-refractivity contribution in [2.24, 2.45) is 0 Å². The first-order chi connectivity index (χ1) is 11.8. The predicted molar refractivity (Wildman–Crippen MR) is 98.6 cm³/mol. The minimum Gasteiger partial charge on any atom is -0.374 e. The lowest BCUT2D eigenvalue weighted by atomic mass is 10.2. The molecule has 0 aliphatic carbocycles. The lowest BCUT2D eigenvalue weighted by Crippen LogP contribution is -2.26. The second-order valence-corrected chi connectivity index (χ2v) is 5.80. The Kier molecular flexibility index (Phi) is 12.1. The molecule has 0 saturated heterocycles. The fourth-order valence-corrected chi connectivity index (χ4v) is 2.31. The highest BCUT2D eigenvalue weighted by molar-refractivity contribution is 5.13. The van der Waals surface area contributed by atoms with Crippen LogP contribution in [0.2, 0.25) is 0 Å². The summed E-state index contributed by atoms with van der Waals surface area (Å²) in [5.41, 5.74) is 1.17. The summed E-state index contributed by atoms with van der Waals surface area (Å²) in [6.07, 6.45) is 5.00. The maximum Gasteiger partial charge on any atom is 0.155 e. The highest BCUT2D eigenvalue weighted by Crippen LogP contribution is 2.08. The summed E-state index contributed by atoms with van der Waals surface area (Å²) < 4.78 is 17.2. The standard InChI is InChI=1S/C21H32O3/c1-4-6-7-8-9-13-16-21(24-19(3)23-5-2)18-22-17-20-14-11-10-12-15-20/h10-12,14-15,19,21H,4-8,16-18H2,1-3H3/t19?,21-/m0/s1. The van der Waals surface area contributed by atoms with Crippen molar-refractivity contribution in [3.8, 4) is 11.8 Å². The van der Waals surface area contributed by atoms with Crippen LogP contribution in [0.4, 0.5) is 0 Å². The van der Waals surface area contributed by atoms with Crippen molar-refractivity contribution in [2.75, 3.05) is 13.2 Å². The van der Waals surface area contributed by atoms with E-state index in [2.05, 4.69) is 30.9 Å². The first-order valence-electron chi connectivity index (χ1n) is 9.10. The molecule has 0 fully saturated rings. The number of hydrogen-bond donors (Lipinski definition) is 0. The van der Waals surface area contributed by atoms with E-state index in [-0.39, 0.29) is 12.4 Å². The Morgan fingerprint density at radius 3 is 2.54 bits per heavy atom. The van der Waals surface area contributed by atoms with Crippen molar-refractivity contribution in [3.63, 3.8) is 0 Å². The molecule has 1 aromatic carbocycles. The lowest BCUT2D eigenvalue weighted by molar-refractivity contribution is -0.169. The van der Waals surface area contributed by atoms with E-state index >= 15 is 0 Å². The molecule has 0 aliphatic rings. The van der Waals surface area contributed by atoms with Crippen molar-refractivity contribution >= 4 is 0 Å². The Bertz CT molecular complexity index is 461. The monoisotopic (exact) mass is 332 g/mol. The van der Waals surface area contributed by atoms with Gasteiger partial charge in [-0.25, -0.2) is 0 Å². The van der Waals surface area contributed by atoms with Gasteiger partial charge in [0, 0.05) is 19.4 Å². The van der Waals surface area contributed by atoms with Gasteiger partial charge in [-0.3, -0.25) is 0 Å². The zero-order chi connectivity index (χ0) is 17.5. The molecule has 0 bridgehead atoms. The van der Waals surface area contributed by atoms with E-state index in [1.54, 1.807) is 0 Å². The molecule has 2 atom stereocenters. The third-order valence-electron chi connectivity index (χ3n) is 3.56. The van der Waals surface area contributed by atoms with Crippen LogP contribution in [0.1, 0.15) is 58.4 Å². The molecule has 1 aromatic rings. The number of rotatable bonds is 12. The Balaban J connectivity index is 2.38. The van der Waals surface area contributed by atoms with E-state index in [1.165, 1.54) is 24.8 Å². The van der Waals surface area contributed by atoms with Gasteiger partial charge in [0.2, 0.25) is 0 Å². The van der Waals surface area contributed by atoms with Crippen LogP contribution in [0.25, 0.3) is 0 Å². The van der Waals surface area contributed by atoms with Crippen LogP contribution < -0.4 is 0 Å². The molecule has 0 aliphatic heterocycles. The molecule has 1 rings (SSSR count). The first kappa shape index (κ1) is 20.7. The third-order valence-corrected chi connectivity index (χ3v) is 3.56. The van der Waals surface area contributed by atoms with Crippen molar-refractivity contribution in [1.82, 2.24) is 0 Å². The van der Waals surface area contributed by atoms with Gasteiger partial charge in [-0.1, -0.05) is 50.1 Å². The minimum absolute atomic E-state index is 0.0612. The number of benzene rings is 1. The number of ether oxygens (including phenoxy) is 3. The molecular formula is C21H32O3. The van der Waals surface area contributed by atoms with Gasteiger partial charge in [0.1, 0.15) is 0 Å². The summed E-state index contributed by atoms with van der Waals surface area (Å²) >= 11 is 0. The Morgan fingerprint density at radius 1 is 1.04 bits per heavy atom. The molecule has 0 spiro atoms. The zero-order valence-corrected chi connectivity index (χ0v) is 15.4. The molecule has 0 N–H and O–H groups in total. The van der Waals surface area contributed by atoms with Gasteiger partial charge in [0.15, 0.2) is 6.29 Å². The van der Waals surface area contributed by atoms with Gasteiger partial charge in [0.05, 0.1) is 19.3 Å². The van der Waals surface area contributed by atoms with Crippen LogP contribution in [-0.4, -0.2) is 25.6 Å². The van der Waals surface area contributed by atoms with Crippen LogP contribution in [0, 0.1) is 11.8 Å². The number of unbranched alkanes of at least 4 members (excludes halogenated alkanes) is 3. The first-order valence-corrected chi connectivity index (χ1v) is 9.10. The summed E-state index contributed by atoms with van der Waals surface area (Å²) in [6.45, 7) is 7.85. The van der Waals surface area contributed by atoms with Crippen molar-refractivity contribution in [3.05, 3.63) is 35.9 Å².